The van der Waals surface area contributed by atoms with Gasteiger partial charge >= 0.3 is 0 Å². The van der Waals surface area contributed by atoms with Gasteiger partial charge in [0.05, 0.1) is 44.9 Å². The Kier molecular flexibility index (Phi) is 8.60. The average Bonchev–Trinajstić information content (AvgIpc) is 2.95. The molecule has 3 aromatic carbocycles. The third-order valence-electron chi connectivity index (χ3n) is 6.43. The Bertz CT molecular complexity index is 1350. The van der Waals surface area contributed by atoms with Crippen LogP contribution in [0.25, 0.3) is 0 Å². The summed E-state index contributed by atoms with van der Waals surface area (Å²) in [5.74, 6) is 0.114. The number of anilines is 2. The second-order valence-corrected chi connectivity index (χ2v) is 8.90. The topological polar surface area (TPSA) is 101 Å². The SMILES string of the molecule is COc1ccc(C(=O)Nc2ccc(N3CCOCC3)cc2C(=O)N/N=C/c2ccc(C)c(C)c2)cc1OC. The number of benzene rings is 3. The molecule has 38 heavy (non-hydrogen) atoms. The molecule has 0 saturated carbocycles. The highest BCUT2D eigenvalue weighted by Crippen LogP contribution is 2.29. The van der Waals surface area contributed by atoms with Crippen LogP contribution >= 0.6 is 0 Å². The van der Waals surface area contributed by atoms with Crippen molar-refractivity contribution < 1.29 is 23.8 Å². The van der Waals surface area contributed by atoms with Crippen LogP contribution in [0.4, 0.5) is 11.4 Å². The maximum Gasteiger partial charge on any atom is 0.273 e. The third kappa shape index (κ3) is 6.30. The summed E-state index contributed by atoms with van der Waals surface area (Å²) in [6.07, 6.45) is 1.60. The highest BCUT2D eigenvalue weighted by Gasteiger charge is 2.19. The number of aryl methyl sites for hydroxylation is 2. The molecule has 4 rings (SSSR count). The fourth-order valence-corrected chi connectivity index (χ4v) is 4.09. The van der Waals surface area contributed by atoms with Crippen molar-refractivity contribution >= 4 is 29.4 Å². The lowest BCUT2D eigenvalue weighted by atomic mass is 10.1. The van der Waals surface area contributed by atoms with E-state index < -0.39 is 11.8 Å². The van der Waals surface area contributed by atoms with Crippen molar-refractivity contribution in [2.45, 2.75) is 13.8 Å². The Labute approximate surface area is 222 Å². The largest absolute Gasteiger partial charge is 0.493 e. The minimum atomic E-state index is -0.442. The first-order chi connectivity index (χ1) is 18.4. The summed E-state index contributed by atoms with van der Waals surface area (Å²) in [4.78, 5) is 28.5. The number of hydrogen-bond donors (Lipinski definition) is 2. The Morgan fingerprint density at radius 1 is 0.895 bits per heavy atom. The van der Waals surface area contributed by atoms with Crippen molar-refractivity contribution in [1.82, 2.24) is 5.43 Å². The maximum absolute atomic E-state index is 13.3. The third-order valence-corrected chi connectivity index (χ3v) is 6.43. The normalized spacial score (nSPS) is 13.3. The molecule has 1 fully saturated rings. The lowest BCUT2D eigenvalue weighted by molar-refractivity contribution is 0.0956. The van der Waals surface area contributed by atoms with Crippen molar-refractivity contribution in [1.29, 1.82) is 0 Å². The van der Waals surface area contributed by atoms with Crippen LogP contribution < -0.4 is 25.1 Å². The predicted octanol–water partition coefficient (Wildman–Crippen LogP) is 4.17. The Morgan fingerprint density at radius 2 is 1.66 bits per heavy atom. The number of morpholine rings is 1. The zero-order valence-electron chi connectivity index (χ0n) is 22.0. The van der Waals surface area contributed by atoms with Crippen molar-refractivity contribution in [2.75, 3.05) is 50.7 Å². The van der Waals surface area contributed by atoms with Crippen LogP contribution in [0.5, 0.6) is 11.5 Å². The molecule has 0 radical (unpaired) electrons. The molecule has 2 amide bonds. The molecule has 0 aromatic heterocycles. The van der Waals surface area contributed by atoms with Gasteiger partial charge in [-0.3, -0.25) is 9.59 Å². The van der Waals surface area contributed by atoms with Gasteiger partial charge in [0.15, 0.2) is 11.5 Å². The van der Waals surface area contributed by atoms with E-state index >= 15 is 0 Å². The van der Waals surface area contributed by atoms with E-state index in [9.17, 15) is 9.59 Å². The highest BCUT2D eigenvalue weighted by atomic mass is 16.5. The number of nitrogens with zero attached hydrogens (tertiary/aromatic N) is 2. The molecule has 198 valence electrons. The fraction of sp³-hybridized carbons (Fsp3) is 0.276. The van der Waals surface area contributed by atoms with E-state index in [1.165, 1.54) is 19.8 Å². The van der Waals surface area contributed by atoms with E-state index in [4.69, 9.17) is 14.2 Å². The van der Waals surface area contributed by atoms with Crippen LogP contribution in [0.2, 0.25) is 0 Å². The van der Waals surface area contributed by atoms with Gasteiger partial charge in [-0.2, -0.15) is 5.10 Å². The molecule has 1 saturated heterocycles. The summed E-state index contributed by atoms with van der Waals surface area (Å²) in [5, 5.41) is 7.01. The molecule has 1 heterocycles. The van der Waals surface area contributed by atoms with Gasteiger partial charge < -0.3 is 24.4 Å². The van der Waals surface area contributed by atoms with Crippen LogP contribution in [-0.2, 0) is 4.74 Å². The zero-order chi connectivity index (χ0) is 27.1. The van der Waals surface area contributed by atoms with E-state index in [0.29, 0.717) is 54.6 Å². The molecule has 0 spiro atoms. The van der Waals surface area contributed by atoms with Crippen LogP contribution in [0, 0.1) is 13.8 Å². The highest BCUT2D eigenvalue weighted by molar-refractivity contribution is 6.09. The van der Waals surface area contributed by atoms with Crippen LogP contribution in [0.1, 0.15) is 37.4 Å². The van der Waals surface area contributed by atoms with Crippen LogP contribution in [-0.4, -0.2) is 58.6 Å². The molecule has 9 heteroatoms. The van der Waals surface area contributed by atoms with Crippen molar-refractivity contribution in [3.63, 3.8) is 0 Å². The number of methoxy groups -OCH3 is 2. The van der Waals surface area contributed by atoms with Gasteiger partial charge in [-0.05, 0) is 66.9 Å². The smallest absolute Gasteiger partial charge is 0.273 e. The first-order valence-corrected chi connectivity index (χ1v) is 12.3. The molecule has 0 aliphatic carbocycles. The first-order valence-electron chi connectivity index (χ1n) is 12.3. The van der Waals surface area contributed by atoms with Gasteiger partial charge in [-0.25, -0.2) is 5.43 Å². The predicted molar refractivity (Wildman–Crippen MR) is 148 cm³/mol. The standard InChI is InChI=1S/C29H32N4O5/c1-19-5-6-21(15-20(19)2)18-30-32-29(35)24-17-23(33-11-13-38-14-12-33)8-9-25(24)31-28(34)22-7-10-26(36-3)27(16-22)37-4/h5-10,15-18H,11-14H2,1-4H3,(H,31,34)(H,32,35)/b30-18+. The number of nitrogens with one attached hydrogen (secondary N) is 2. The van der Waals surface area contributed by atoms with E-state index in [0.717, 1.165) is 16.8 Å². The maximum atomic E-state index is 13.3. The number of hydrazone groups is 1. The van der Waals surface area contributed by atoms with E-state index in [2.05, 4.69) is 20.7 Å². The minimum absolute atomic E-state index is 0.292. The van der Waals surface area contributed by atoms with Crippen molar-refractivity contribution in [3.8, 4) is 11.5 Å². The Hall–Kier alpha value is -4.37. The summed E-state index contributed by atoms with van der Waals surface area (Å²) in [6.45, 7) is 6.71. The number of ether oxygens (including phenoxy) is 3. The van der Waals surface area contributed by atoms with Gasteiger partial charge in [0, 0.05) is 24.3 Å². The monoisotopic (exact) mass is 516 g/mol. The molecule has 1 aliphatic heterocycles. The molecule has 3 aromatic rings. The fourth-order valence-electron chi connectivity index (χ4n) is 4.09. The summed E-state index contributed by atoms with van der Waals surface area (Å²) >= 11 is 0. The molecule has 1 aliphatic rings. The summed E-state index contributed by atoms with van der Waals surface area (Å²) in [5.41, 5.74) is 7.67. The number of carbonyl (C=O) groups is 2. The summed E-state index contributed by atoms with van der Waals surface area (Å²) in [7, 11) is 3.03. The lowest BCUT2D eigenvalue weighted by Crippen LogP contribution is -2.36. The summed E-state index contributed by atoms with van der Waals surface area (Å²) in [6, 6.07) is 16.2. The molecular formula is C29H32N4O5. The number of hydrogen-bond acceptors (Lipinski definition) is 7. The Balaban J connectivity index is 1.59. The van der Waals surface area contributed by atoms with Gasteiger partial charge in [-0.15, -0.1) is 0 Å². The molecule has 2 N–H and O–H groups in total. The molecule has 0 atom stereocenters. The Morgan fingerprint density at radius 3 is 2.37 bits per heavy atom. The zero-order valence-corrected chi connectivity index (χ0v) is 22.0. The van der Waals surface area contributed by atoms with Crippen molar-refractivity contribution in [2.24, 2.45) is 5.10 Å². The van der Waals surface area contributed by atoms with E-state index in [1.54, 1.807) is 36.5 Å². The van der Waals surface area contributed by atoms with Crippen LogP contribution in [0.15, 0.2) is 59.7 Å². The van der Waals surface area contributed by atoms with Crippen LogP contribution in [0.3, 0.4) is 0 Å². The van der Waals surface area contributed by atoms with Gasteiger partial charge in [-0.1, -0.05) is 18.2 Å². The minimum Gasteiger partial charge on any atom is -0.493 e. The number of carbonyl (C=O) groups excluding carboxylic acids is 2. The molecular weight excluding hydrogens is 484 g/mol. The molecule has 9 nitrogen and oxygen atoms in total. The van der Waals surface area contributed by atoms with Gasteiger partial charge in [0.1, 0.15) is 0 Å². The molecule has 0 bridgehead atoms. The quantitative estimate of drug-likeness (QED) is 0.344. The van der Waals surface area contributed by atoms with Gasteiger partial charge in [0.2, 0.25) is 0 Å². The number of rotatable bonds is 8. The number of amides is 2. The summed E-state index contributed by atoms with van der Waals surface area (Å²) < 4.78 is 16.0. The second kappa shape index (κ2) is 12.2. The van der Waals surface area contributed by atoms with Crippen molar-refractivity contribution in [3.05, 3.63) is 82.4 Å². The molecule has 0 unspecified atom stereocenters. The lowest BCUT2D eigenvalue weighted by Gasteiger charge is -2.29. The average molecular weight is 517 g/mol. The first kappa shape index (κ1) is 26.7. The van der Waals surface area contributed by atoms with E-state index in [-0.39, 0.29) is 0 Å². The van der Waals surface area contributed by atoms with E-state index in [1.807, 2.05) is 38.1 Å². The second-order valence-electron chi connectivity index (χ2n) is 8.90. The van der Waals surface area contributed by atoms with Gasteiger partial charge in [0.25, 0.3) is 11.8 Å².